The van der Waals surface area contributed by atoms with E-state index >= 15 is 0 Å². The van der Waals surface area contributed by atoms with Crippen molar-refractivity contribution in [2.24, 2.45) is 0 Å². The van der Waals surface area contributed by atoms with Gasteiger partial charge in [0.1, 0.15) is 0 Å². The Morgan fingerprint density at radius 2 is 1.44 bits per heavy atom. The van der Waals surface area contributed by atoms with E-state index < -0.39 is 0 Å². The lowest BCUT2D eigenvalue weighted by Crippen LogP contribution is -1.92. The molecule has 2 aromatic carbocycles. The average molecular weight is 236 g/mol. The second kappa shape index (κ2) is 4.41. The molecular formula is C17H16O. The Labute approximate surface area is 107 Å². The summed E-state index contributed by atoms with van der Waals surface area (Å²) in [5.41, 5.74) is 3.59. The molecule has 0 heterocycles. The summed E-state index contributed by atoms with van der Waals surface area (Å²) < 4.78 is 0. The first kappa shape index (κ1) is 11.2. The molecule has 1 heteroatoms. The fraction of sp³-hybridized carbons (Fsp3) is 0.235. The topological polar surface area (TPSA) is 17.1 Å². The SMILES string of the molecule is CC(=O)c1ccc([C@H]2C[C@@H]2c2ccccc2)cc1. The predicted octanol–water partition coefficient (Wildman–Crippen LogP) is 4.16. The molecule has 0 amide bonds. The Balaban J connectivity index is 1.77. The van der Waals surface area contributed by atoms with Gasteiger partial charge in [-0.05, 0) is 36.3 Å². The van der Waals surface area contributed by atoms with Gasteiger partial charge >= 0.3 is 0 Å². The number of Topliss-reactive ketones (excluding diaryl/α,β-unsaturated/α-hetero) is 1. The van der Waals surface area contributed by atoms with Gasteiger partial charge in [0.15, 0.2) is 5.78 Å². The molecule has 2 atom stereocenters. The highest BCUT2D eigenvalue weighted by atomic mass is 16.1. The third kappa shape index (κ3) is 2.08. The minimum absolute atomic E-state index is 0.136. The van der Waals surface area contributed by atoms with Crippen LogP contribution in [-0.4, -0.2) is 5.78 Å². The lowest BCUT2D eigenvalue weighted by atomic mass is 10.0. The lowest BCUT2D eigenvalue weighted by Gasteiger charge is -2.02. The van der Waals surface area contributed by atoms with Crippen molar-refractivity contribution in [3.8, 4) is 0 Å². The Hall–Kier alpha value is -1.89. The number of carbonyl (C=O) groups is 1. The third-order valence-electron chi connectivity index (χ3n) is 3.76. The molecule has 1 aliphatic rings. The Kier molecular flexibility index (Phi) is 2.75. The summed E-state index contributed by atoms with van der Waals surface area (Å²) in [6.07, 6.45) is 1.23. The van der Waals surface area contributed by atoms with Crippen molar-refractivity contribution >= 4 is 5.78 Å². The van der Waals surface area contributed by atoms with Gasteiger partial charge in [0, 0.05) is 5.56 Å². The second-order valence-corrected chi connectivity index (χ2v) is 5.04. The van der Waals surface area contributed by atoms with Crippen LogP contribution < -0.4 is 0 Å². The van der Waals surface area contributed by atoms with Crippen molar-refractivity contribution in [1.82, 2.24) is 0 Å². The van der Waals surface area contributed by atoms with Crippen LogP contribution in [0.25, 0.3) is 0 Å². The highest BCUT2D eigenvalue weighted by molar-refractivity contribution is 5.94. The van der Waals surface area contributed by atoms with E-state index in [1.165, 1.54) is 17.5 Å². The largest absolute Gasteiger partial charge is 0.295 e. The van der Waals surface area contributed by atoms with Gasteiger partial charge in [-0.2, -0.15) is 0 Å². The van der Waals surface area contributed by atoms with Crippen molar-refractivity contribution in [1.29, 1.82) is 0 Å². The minimum atomic E-state index is 0.136. The fourth-order valence-electron chi connectivity index (χ4n) is 2.60. The zero-order chi connectivity index (χ0) is 12.5. The van der Waals surface area contributed by atoms with Crippen LogP contribution in [0.5, 0.6) is 0 Å². The molecule has 1 nitrogen and oxygen atoms in total. The van der Waals surface area contributed by atoms with Gasteiger partial charge in [-0.1, -0.05) is 54.6 Å². The monoisotopic (exact) mass is 236 g/mol. The Morgan fingerprint density at radius 3 is 2.00 bits per heavy atom. The molecule has 0 N–H and O–H groups in total. The summed E-state index contributed by atoms with van der Waals surface area (Å²) in [5, 5.41) is 0. The summed E-state index contributed by atoms with van der Waals surface area (Å²) in [7, 11) is 0. The van der Waals surface area contributed by atoms with Crippen LogP contribution in [-0.2, 0) is 0 Å². The predicted molar refractivity (Wildman–Crippen MR) is 73.0 cm³/mol. The molecule has 0 bridgehead atoms. The number of benzene rings is 2. The molecule has 1 fully saturated rings. The van der Waals surface area contributed by atoms with Crippen molar-refractivity contribution in [2.75, 3.05) is 0 Å². The molecule has 0 saturated heterocycles. The lowest BCUT2D eigenvalue weighted by molar-refractivity contribution is 0.101. The second-order valence-electron chi connectivity index (χ2n) is 5.04. The van der Waals surface area contributed by atoms with Crippen LogP contribution >= 0.6 is 0 Å². The number of rotatable bonds is 3. The highest BCUT2D eigenvalue weighted by Crippen LogP contribution is 2.54. The summed E-state index contributed by atoms with van der Waals surface area (Å²) in [5.74, 6) is 1.43. The fourth-order valence-corrected chi connectivity index (χ4v) is 2.60. The first-order valence-corrected chi connectivity index (χ1v) is 6.41. The van der Waals surface area contributed by atoms with Crippen LogP contribution in [0.2, 0.25) is 0 Å². The average Bonchev–Trinajstić information content (AvgIpc) is 3.20. The van der Waals surface area contributed by atoms with Crippen LogP contribution in [0.3, 0.4) is 0 Å². The molecule has 90 valence electrons. The smallest absolute Gasteiger partial charge is 0.159 e. The number of hydrogen-bond donors (Lipinski definition) is 0. The third-order valence-corrected chi connectivity index (χ3v) is 3.76. The van der Waals surface area contributed by atoms with Crippen molar-refractivity contribution < 1.29 is 4.79 Å². The van der Waals surface area contributed by atoms with Gasteiger partial charge in [-0.25, -0.2) is 0 Å². The molecule has 0 aliphatic heterocycles. The molecule has 1 aliphatic carbocycles. The van der Waals surface area contributed by atoms with E-state index in [0.717, 1.165) is 5.56 Å². The standard InChI is InChI=1S/C17H16O/c1-12(18)13-7-9-15(10-8-13)17-11-16(17)14-5-3-2-4-6-14/h2-10,16-17H,11H2,1H3/t16-,17-/m1/s1. The zero-order valence-corrected chi connectivity index (χ0v) is 10.5. The van der Waals surface area contributed by atoms with E-state index in [2.05, 4.69) is 42.5 Å². The molecule has 18 heavy (non-hydrogen) atoms. The van der Waals surface area contributed by atoms with Gasteiger partial charge in [0.05, 0.1) is 0 Å². The van der Waals surface area contributed by atoms with Crippen LogP contribution in [0, 0.1) is 0 Å². The van der Waals surface area contributed by atoms with Crippen molar-refractivity contribution in [2.45, 2.75) is 25.2 Å². The maximum Gasteiger partial charge on any atom is 0.159 e. The Morgan fingerprint density at radius 1 is 0.889 bits per heavy atom. The number of hydrogen-bond acceptors (Lipinski definition) is 1. The van der Waals surface area contributed by atoms with Gasteiger partial charge in [0.25, 0.3) is 0 Å². The van der Waals surface area contributed by atoms with E-state index in [1.54, 1.807) is 6.92 Å². The van der Waals surface area contributed by atoms with Gasteiger partial charge in [-0.3, -0.25) is 4.79 Å². The van der Waals surface area contributed by atoms with Crippen molar-refractivity contribution in [3.05, 3.63) is 71.3 Å². The van der Waals surface area contributed by atoms with Crippen LogP contribution in [0.15, 0.2) is 54.6 Å². The van der Waals surface area contributed by atoms with E-state index in [0.29, 0.717) is 11.8 Å². The molecule has 0 unspecified atom stereocenters. The first-order valence-electron chi connectivity index (χ1n) is 6.41. The van der Waals surface area contributed by atoms with Gasteiger partial charge in [-0.15, -0.1) is 0 Å². The van der Waals surface area contributed by atoms with Gasteiger partial charge in [0.2, 0.25) is 0 Å². The van der Waals surface area contributed by atoms with Crippen molar-refractivity contribution in [3.63, 3.8) is 0 Å². The Bertz CT molecular complexity index is 554. The zero-order valence-electron chi connectivity index (χ0n) is 10.5. The van der Waals surface area contributed by atoms with E-state index in [4.69, 9.17) is 0 Å². The van der Waals surface area contributed by atoms with E-state index in [9.17, 15) is 4.79 Å². The molecule has 3 rings (SSSR count). The number of carbonyl (C=O) groups excluding carboxylic acids is 1. The molecular weight excluding hydrogens is 220 g/mol. The molecule has 0 radical (unpaired) electrons. The summed E-state index contributed by atoms with van der Waals surface area (Å²) in [4.78, 5) is 11.2. The first-order chi connectivity index (χ1) is 8.75. The quantitative estimate of drug-likeness (QED) is 0.731. The maximum absolute atomic E-state index is 11.2. The van der Waals surface area contributed by atoms with Crippen LogP contribution in [0.4, 0.5) is 0 Å². The van der Waals surface area contributed by atoms with E-state index in [-0.39, 0.29) is 5.78 Å². The summed E-state index contributed by atoms with van der Waals surface area (Å²) in [6, 6.07) is 18.8. The van der Waals surface area contributed by atoms with E-state index in [1.807, 2.05) is 12.1 Å². The normalized spacial score (nSPS) is 21.6. The summed E-state index contributed by atoms with van der Waals surface area (Å²) in [6.45, 7) is 1.61. The molecule has 0 aromatic heterocycles. The summed E-state index contributed by atoms with van der Waals surface area (Å²) >= 11 is 0. The maximum atomic E-state index is 11.2. The molecule has 0 spiro atoms. The number of ketones is 1. The van der Waals surface area contributed by atoms with Crippen LogP contribution in [0.1, 0.15) is 46.7 Å². The minimum Gasteiger partial charge on any atom is -0.295 e. The molecule has 2 aromatic rings. The highest BCUT2D eigenvalue weighted by Gasteiger charge is 2.39. The van der Waals surface area contributed by atoms with Gasteiger partial charge < -0.3 is 0 Å². The molecule has 1 saturated carbocycles.